The van der Waals surface area contributed by atoms with E-state index in [2.05, 4.69) is 38.6 Å². The highest BCUT2D eigenvalue weighted by molar-refractivity contribution is 6.30. The zero-order valence-electron chi connectivity index (χ0n) is 15.9. The first-order valence-electron chi connectivity index (χ1n) is 9.30. The van der Waals surface area contributed by atoms with Gasteiger partial charge in [0.15, 0.2) is 5.82 Å². The molecule has 0 saturated carbocycles. The second kappa shape index (κ2) is 8.59. The average Bonchev–Trinajstić information content (AvgIpc) is 3.37. The van der Waals surface area contributed by atoms with Crippen LogP contribution in [0, 0.1) is 0 Å². The third-order valence-corrected chi connectivity index (χ3v) is 4.86. The van der Waals surface area contributed by atoms with Gasteiger partial charge in [-0.1, -0.05) is 40.1 Å². The van der Waals surface area contributed by atoms with Crippen LogP contribution in [0.2, 0.25) is 5.02 Å². The van der Waals surface area contributed by atoms with Crippen molar-refractivity contribution in [3.8, 4) is 11.3 Å². The van der Waals surface area contributed by atoms with Crippen LogP contribution in [0.3, 0.4) is 0 Å². The number of nitrogens with one attached hydrogen (secondary N) is 1. The number of hydrogen-bond donors (Lipinski definition) is 1. The maximum atomic E-state index is 12.2. The lowest BCUT2D eigenvalue weighted by atomic mass is 10.1. The Kier molecular flexibility index (Phi) is 5.73. The van der Waals surface area contributed by atoms with Gasteiger partial charge in [-0.2, -0.15) is 4.98 Å². The molecule has 1 aliphatic heterocycles. The van der Waals surface area contributed by atoms with Crippen LogP contribution in [0.5, 0.6) is 0 Å². The molecule has 0 radical (unpaired) electrons. The minimum Gasteiger partial charge on any atom is -0.339 e. The van der Waals surface area contributed by atoms with Crippen molar-refractivity contribution in [1.29, 1.82) is 0 Å². The molecule has 1 aromatic carbocycles. The van der Waals surface area contributed by atoms with Crippen LogP contribution < -0.4 is 5.32 Å². The van der Waals surface area contributed by atoms with Gasteiger partial charge in [0.1, 0.15) is 5.69 Å². The standard InChI is InChI=1S/C20H20ClN5O3/c1-26-9-7-13(8-10-26)20-23-18(28-25-20)6-5-17(27)22-19-12-16(24-29-19)14-3-2-4-15(21)11-14/h2-4,7,11-12H,5-6,8-10H2,1H3,(H,22,27). The second-order valence-electron chi connectivity index (χ2n) is 6.89. The van der Waals surface area contributed by atoms with Crippen molar-refractivity contribution in [3.05, 3.63) is 53.1 Å². The summed E-state index contributed by atoms with van der Waals surface area (Å²) < 4.78 is 10.5. The van der Waals surface area contributed by atoms with Crippen LogP contribution in [-0.4, -0.2) is 46.2 Å². The Labute approximate surface area is 172 Å². The van der Waals surface area contributed by atoms with Crippen molar-refractivity contribution >= 4 is 29.0 Å². The fourth-order valence-corrected chi connectivity index (χ4v) is 3.19. The van der Waals surface area contributed by atoms with Crippen LogP contribution >= 0.6 is 11.6 Å². The summed E-state index contributed by atoms with van der Waals surface area (Å²) in [7, 11) is 2.07. The highest BCUT2D eigenvalue weighted by Gasteiger charge is 2.16. The summed E-state index contributed by atoms with van der Waals surface area (Å²) in [6.07, 6.45) is 3.53. The van der Waals surface area contributed by atoms with E-state index < -0.39 is 0 Å². The van der Waals surface area contributed by atoms with Gasteiger partial charge in [0, 0.05) is 42.6 Å². The number of halogens is 1. The maximum absolute atomic E-state index is 12.2. The van der Waals surface area contributed by atoms with Crippen molar-refractivity contribution in [2.24, 2.45) is 0 Å². The summed E-state index contributed by atoms with van der Waals surface area (Å²) in [6.45, 7) is 1.84. The van der Waals surface area contributed by atoms with Crippen molar-refractivity contribution in [1.82, 2.24) is 20.2 Å². The van der Waals surface area contributed by atoms with Crippen LogP contribution in [0.15, 0.2) is 45.5 Å². The van der Waals surface area contributed by atoms with Crippen molar-refractivity contribution in [2.75, 3.05) is 25.5 Å². The average molecular weight is 414 g/mol. The predicted molar refractivity (Wildman–Crippen MR) is 108 cm³/mol. The molecule has 8 nitrogen and oxygen atoms in total. The molecular formula is C20H20ClN5O3. The highest BCUT2D eigenvalue weighted by Crippen LogP contribution is 2.24. The fraction of sp³-hybridized carbons (Fsp3) is 0.300. The minimum absolute atomic E-state index is 0.191. The van der Waals surface area contributed by atoms with E-state index in [0.29, 0.717) is 28.9 Å². The minimum atomic E-state index is -0.225. The van der Waals surface area contributed by atoms with Gasteiger partial charge >= 0.3 is 0 Å². The number of hydrogen-bond acceptors (Lipinski definition) is 7. The second-order valence-corrected chi connectivity index (χ2v) is 7.32. The number of nitrogens with zero attached hydrogens (tertiary/aromatic N) is 4. The molecule has 150 valence electrons. The number of aromatic nitrogens is 3. The number of anilines is 1. The number of rotatable bonds is 6. The molecule has 29 heavy (non-hydrogen) atoms. The van der Waals surface area contributed by atoms with Gasteiger partial charge in [0.05, 0.1) is 0 Å². The van der Waals surface area contributed by atoms with E-state index in [9.17, 15) is 4.79 Å². The molecule has 0 aliphatic carbocycles. The van der Waals surface area contributed by atoms with E-state index in [1.165, 1.54) is 0 Å². The molecule has 0 fully saturated rings. The smallest absolute Gasteiger partial charge is 0.231 e. The summed E-state index contributed by atoms with van der Waals surface area (Å²) in [5.41, 5.74) is 2.48. The Morgan fingerprint density at radius 3 is 2.97 bits per heavy atom. The van der Waals surface area contributed by atoms with Gasteiger partial charge in [-0.05, 0) is 31.2 Å². The van der Waals surface area contributed by atoms with E-state index in [1.807, 2.05) is 12.1 Å². The molecule has 3 heterocycles. The summed E-state index contributed by atoms with van der Waals surface area (Å²) >= 11 is 5.99. The lowest BCUT2D eigenvalue weighted by molar-refractivity contribution is -0.116. The first kappa shape index (κ1) is 19.4. The molecule has 1 amide bonds. The van der Waals surface area contributed by atoms with E-state index in [1.54, 1.807) is 18.2 Å². The summed E-state index contributed by atoms with van der Waals surface area (Å²) in [5.74, 6) is 1.09. The van der Waals surface area contributed by atoms with Crippen molar-refractivity contribution in [3.63, 3.8) is 0 Å². The predicted octanol–water partition coefficient (Wildman–Crippen LogP) is 3.67. The number of carbonyl (C=O) groups is 1. The molecule has 0 unspecified atom stereocenters. The highest BCUT2D eigenvalue weighted by atomic mass is 35.5. The van der Waals surface area contributed by atoms with E-state index >= 15 is 0 Å². The zero-order valence-corrected chi connectivity index (χ0v) is 16.6. The largest absolute Gasteiger partial charge is 0.339 e. The summed E-state index contributed by atoms with van der Waals surface area (Å²) in [6, 6.07) is 8.89. The zero-order chi connectivity index (χ0) is 20.2. The Balaban J connectivity index is 1.31. The lowest BCUT2D eigenvalue weighted by Crippen LogP contribution is -2.23. The topological polar surface area (TPSA) is 97.3 Å². The van der Waals surface area contributed by atoms with E-state index in [-0.39, 0.29) is 18.2 Å². The van der Waals surface area contributed by atoms with Gasteiger partial charge < -0.3 is 13.9 Å². The van der Waals surface area contributed by atoms with Gasteiger partial charge in [0.25, 0.3) is 0 Å². The molecule has 9 heteroatoms. The van der Waals surface area contributed by atoms with Gasteiger partial charge in [0.2, 0.25) is 17.7 Å². The van der Waals surface area contributed by atoms with Gasteiger partial charge in [-0.25, -0.2) is 0 Å². The van der Waals surface area contributed by atoms with Gasteiger partial charge in [-0.3, -0.25) is 10.1 Å². The molecule has 4 rings (SSSR count). The molecular weight excluding hydrogens is 394 g/mol. The van der Waals surface area contributed by atoms with E-state index in [4.69, 9.17) is 20.6 Å². The Hall–Kier alpha value is -2.97. The van der Waals surface area contributed by atoms with Crippen molar-refractivity contribution < 1.29 is 13.8 Å². The van der Waals surface area contributed by atoms with Crippen LogP contribution in [-0.2, 0) is 11.2 Å². The molecule has 2 aromatic heterocycles. The Morgan fingerprint density at radius 2 is 2.17 bits per heavy atom. The summed E-state index contributed by atoms with van der Waals surface area (Å²) in [5, 5.41) is 11.3. The molecule has 0 saturated heterocycles. The SMILES string of the molecule is CN1CC=C(c2noc(CCC(=O)Nc3cc(-c4cccc(Cl)c4)no3)n2)CC1. The number of carbonyl (C=O) groups excluding carboxylic acids is 1. The third-order valence-electron chi connectivity index (χ3n) is 4.63. The normalized spacial score (nSPS) is 14.6. The molecule has 0 bridgehead atoms. The number of amides is 1. The number of likely N-dealkylation sites (N-methyl/N-ethyl adjacent to an activating group) is 1. The number of aryl methyl sites for hydroxylation is 1. The first-order chi connectivity index (χ1) is 14.1. The quantitative estimate of drug-likeness (QED) is 0.658. The molecule has 1 aliphatic rings. The molecule has 0 atom stereocenters. The van der Waals surface area contributed by atoms with Gasteiger partial charge in [-0.15, -0.1) is 0 Å². The molecule has 3 aromatic rings. The Morgan fingerprint density at radius 1 is 1.28 bits per heavy atom. The maximum Gasteiger partial charge on any atom is 0.231 e. The van der Waals surface area contributed by atoms with E-state index in [0.717, 1.165) is 30.6 Å². The summed E-state index contributed by atoms with van der Waals surface area (Å²) in [4.78, 5) is 18.8. The fourth-order valence-electron chi connectivity index (χ4n) is 3.00. The third kappa shape index (κ3) is 4.90. The molecule has 0 spiro atoms. The molecule has 1 N–H and O–H groups in total. The van der Waals surface area contributed by atoms with Crippen LogP contribution in [0.25, 0.3) is 16.8 Å². The first-order valence-corrected chi connectivity index (χ1v) is 9.67. The Bertz CT molecular complexity index is 1040. The van der Waals surface area contributed by atoms with Crippen LogP contribution in [0.4, 0.5) is 5.88 Å². The monoisotopic (exact) mass is 413 g/mol. The van der Waals surface area contributed by atoms with Crippen molar-refractivity contribution in [2.45, 2.75) is 19.3 Å². The number of benzene rings is 1. The lowest BCUT2D eigenvalue weighted by Gasteiger charge is -2.19. The van der Waals surface area contributed by atoms with Crippen LogP contribution in [0.1, 0.15) is 24.6 Å².